The van der Waals surface area contributed by atoms with Gasteiger partial charge in [-0.05, 0) is 53.0 Å². The highest BCUT2D eigenvalue weighted by atomic mass is 16.5. The Morgan fingerprint density at radius 3 is 2.51 bits per heavy atom. The predicted octanol–water partition coefficient (Wildman–Crippen LogP) is 4.87. The molecule has 2 aliphatic rings. The molecule has 2 aliphatic heterocycles. The van der Waals surface area contributed by atoms with Crippen LogP contribution in [0.1, 0.15) is 44.7 Å². The first-order chi connectivity index (χ1) is 18.8. The average molecular weight is 530 g/mol. The molecule has 0 bridgehead atoms. The SMILES string of the molecule is CC(C)(C)c1cccc(N2NC(=O)CC(CCc3ccc(OCCN4CCOCC4)c4ccccc34)C2=O)c1. The van der Waals surface area contributed by atoms with Crippen molar-refractivity contribution in [2.24, 2.45) is 5.92 Å². The lowest BCUT2D eigenvalue weighted by Crippen LogP contribution is -2.54. The molecular formula is C32H39N3O4. The minimum Gasteiger partial charge on any atom is -0.492 e. The summed E-state index contributed by atoms with van der Waals surface area (Å²) in [5.74, 6) is 0.309. The molecule has 3 aromatic carbocycles. The lowest BCUT2D eigenvalue weighted by atomic mass is 9.86. The van der Waals surface area contributed by atoms with Crippen molar-refractivity contribution in [2.75, 3.05) is 44.5 Å². The van der Waals surface area contributed by atoms with E-state index in [1.165, 1.54) is 5.01 Å². The van der Waals surface area contributed by atoms with Gasteiger partial charge < -0.3 is 9.47 Å². The van der Waals surface area contributed by atoms with E-state index in [9.17, 15) is 9.59 Å². The van der Waals surface area contributed by atoms with Gasteiger partial charge in [0.05, 0.1) is 18.9 Å². The third-order valence-electron chi connectivity index (χ3n) is 7.71. The third kappa shape index (κ3) is 6.43. The van der Waals surface area contributed by atoms with Crippen LogP contribution < -0.4 is 15.2 Å². The van der Waals surface area contributed by atoms with Gasteiger partial charge >= 0.3 is 0 Å². The highest BCUT2D eigenvalue weighted by molar-refractivity contribution is 6.02. The zero-order chi connectivity index (χ0) is 27.4. The highest BCUT2D eigenvalue weighted by Gasteiger charge is 2.34. The molecule has 39 heavy (non-hydrogen) atoms. The Labute approximate surface area is 231 Å². The number of hydrazine groups is 1. The summed E-state index contributed by atoms with van der Waals surface area (Å²) in [6.45, 7) is 11.4. The van der Waals surface area contributed by atoms with Crippen LogP contribution in [0.2, 0.25) is 0 Å². The number of nitrogens with one attached hydrogen (secondary N) is 1. The number of hydrogen-bond acceptors (Lipinski definition) is 5. The summed E-state index contributed by atoms with van der Waals surface area (Å²) in [6, 6.07) is 20.3. The number of anilines is 1. The van der Waals surface area contributed by atoms with Crippen LogP contribution in [0.15, 0.2) is 60.7 Å². The van der Waals surface area contributed by atoms with Crippen LogP contribution >= 0.6 is 0 Å². The van der Waals surface area contributed by atoms with Crippen molar-refractivity contribution in [3.8, 4) is 5.75 Å². The molecule has 1 N–H and O–H groups in total. The molecule has 206 valence electrons. The molecule has 0 saturated carbocycles. The monoisotopic (exact) mass is 529 g/mol. The fourth-order valence-electron chi connectivity index (χ4n) is 5.36. The van der Waals surface area contributed by atoms with E-state index in [-0.39, 0.29) is 29.6 Å². The number of carbonyl (C=O) groups excluding carboxylic acids is 2. The molecule has 2 heterocycles. The Morgan fingerprint density at radius 1 is 0.974 bits per heavy atom. The van der Waals surface area contributed by atoms with Crippen LogP contribution in [0.5, 0.6) is 5.75 Å². The quantitative estimate of drug-likeness (QED) is 0.451. The van der Waals surface area contributed by atoms with E-state index in [1.54, 1.807) is 0 Å². The maximum atomic E-state index is 13.5. The molecule has 1 unspecified atom stereocenters. The molecule has 7 heteroatoms. The molecule has 3 aromatic rings. The van der Waals surface area contributed by atoms with Gasteiger partial charge in [-0.25, -0.2) is 5.01 Å². The van der Waals surface area contributed by atoms with Gasteiger partial charge in [-0.2, -0.15) is 0 Å². The number of carbonyl (C=O) groups is 2. The summed E-state index contributed by atoms with van der Waals surface area (Å²) in [5, 5.41) is 3.64. The minimum absolute atomic E-state index is 0.0578. The van der Waals surface area contributed by atoms with Crippen molar-refractivity contribution >= 4 is 28.3 Å². The number of hydrogen-bond donors (Lipinski definition) is 1. The average Bonchev–Trinajstić information content (AvgIpc) is 2.94. The van der Waals surface area contributed by atoms with Gasteiger partial charge in [-0.15, -0.1) is 0 Å². The maximum Gasteiger partial charge on any atom is 0.249 e. The van der Waals surface area contributed by atoms with E-state index >= 15 is 0 Å². The predicted molar refractivity (Wildman–Crippen MR) is 154 cm³/mol. The Bertz CT molecular complexity index is 1330. The Kier molecular flexibility index (Phi) is 8.19. The van der Waals surface area contributed by atoms with E-state index in [2.05, 4.69) is 55.4 Å². The number of aryl methyl sites for hydroxylation is 1. The number of nitrogens with zero attached hydrogens (tertiary/aromatic N) is 2. The molecular weight excluding hydrogens is 490 g/mol. The minimum atomic E-state index is -0.375. The molecule has 0 aromatic heterocycles. The van der Waals surface area contributed by atoms with Crippen molar-refractivity contribution in [3.05, 3.63) is 71.8 Å². The summed E-state index contributed by atoms with van der Waals surface area (Å²) in [4.78, 5) is 28.5. The zero-order valence-electron chi connectivity index (χ0n) is 23.2. The number of ether oxygens (including phenoxy) is 2. The van der Waals surface area contributed by atoms with Gasteiger partial charge in [0.1, 0.15) is 12.4 Å². The van der Waals surface area contributed by atoms with Crippen molar-refractivity contribution in [2.45, 2.75) is 45.4 Å². The molecule has 1 atom stereocenters. The van der Waals surface area contributed by atoms with Crippen LogP contribution in [0.3, 0.4) is 0 Å². The van der Waals surface area contributed by atoms with Gasteiger partial charge in [0.2, 0.25) is 11.8 Å². The summed E-state index contributed by atoms with van der Waals surface area (Å²) in [7, 11) is 0. The second-order valence-corrected chi connectivity index (χ2v) is 11.5. The first-order valence-corrected chi connectivity index (χ1v) is 14.0. The van der Waals surface area contributed by atoms with Crippen molar-refractivity contribution in [3.63, 3.8) is 0 Å². The fraction of sp³-hybridized carbons (Fsp3) is 0.438. The summed E-state index contributed by atoms with van der Waals surface area (Å²) in [5.41, 5.74) is 5.71. The molecule has 2 amide bonds. The molecule has 7 nitrogen and oxygen atoms in total. The molecule has 0 radical (unpaired) electrons. The normalized spacial score (nSPS) is 18.8. The Hall–Kier alpha value is -3.42. The van der Waals surface area contributed by atoms with E-state index in [0.29, 0.717) is 25.1 Å². The topological polar surface area (TPSA) is 71.1 Å². The number of fused-ring (bicyclic) bond motifs is 1. The van der Waals surface area contributed by atoms with Gasteiger partial charge in [0.25, 0.3) is 0 Å². The molecule has 2 saturated heterocycles. The lowest BCUT2D eigenvalue weighted by Gasteiger charge is -2.33. The van der Waals surface area contributed by atoms with E-state index < -0.39 is 0 Å². The fourth-order valence-corrected chi connectivity index (χ4v) is 5.36. The van der Waals surface area contributed by atoms with Crippen molar-refractivity contribution in [1.29, 1.82) is 0 Å². The molecule has 5 rings (SSSR count). The summed E-state index contributed by atoms with van der Waals surface area (Å²) >= 11 is 0. The number of rotatable bonds is 8. The first-order valence-electron chi connectivity index (χ1n) is 14.0. The number of amides is 2. The van der Waals surface area contributed by atoms with Crippen LogP contribution in [-0.4, -0.2) is 56.2 Å². The number of benzene rings is 3. The first kappa shape index (κ1) is 27.2. The van der Waals surface area contributed by atoms with E-state index in [1.807, 2.05) is 36.4 Å². The molecule has 0 aliphatic carbocycles. The smallest absolute Gasteiger partial charge is 0.249 e. The summed E-state index contributed by atoms with van der Waals surface area (Å²) in [6.07, 6.45) is 1.51. The van der Waals surface area contributed by atoms with Crippen LogP contribution in [0, 0.1) is 5.92 Å². The second kappa shape index (κ2) is 11.8. The third-order valence-corrected chi connectivity index (χ3v) is 7.71. The zero-order valence-corrected chi connectivity index (χ0v) is 23.2. The van der Waals surface area contributed by atoms with Crippen molar-refractivity contribution < 1.29 is 19.1 Å². The number of morpholine rings is 1. The Morgan fingerprint density at radius 2 is 1.74 bits per heavy atom. The maximum absolute atomic E-state index is 13.5. The second-order valence-electron chi connectivity index (χ2n) is 11.5. The summed E-state index contributed by atoms with van der Waals surface area (Å²) < 4.78 is 11.6. The highest BCUT2D eigenvalue weighted by Crippen LogP contribution is 2.32. The van der Waals surface area contributed by atoms with E-state index in [0.717, 1.165) is 60.5 Å². The van der Waals surface area contributed by atoms with Crippen LogP contribution in [-0.2, 0) is 26.2 Å². The van der Waals surface area contributed by atoms with Crippen LogP contribution in [0.4, 0.5) is 5.69 Å². The van der Waals surface area contributed by atoms with Crippen LogP contribution in [0.25, 0.3) is 10.8 Å². The van der Waals surface area contributed by atoms with Crippen molar-refractivity contribution in [1.82, 2.24) is 10.3 Å². The van der Waals surface area contributed by atoms with Gasteiger partial charge in [-0.3, -0.25) is 19.9 Å². The molecule has 0 spiro atoms. The standard InChI is InChI=1S/C32H39N3O4/c1-32(2,3)25-7-6-8-26(22-25)35-31(37)24(21-30(36)33-35)12-11-23-13-14-29(28-10-5-4-9-27(23)28)39-20-17-34-15-18-38-19-16-34/h4-10,13-14,22,24H,11-12,15-21H2,1-3H3,(H,33,36). The van der Waals surface area contributed by atoms with E-state index in [4.69, 9.17) is 9.47 Å². The Balaban J connectivity index is 1.28. The van der Waals surface area contributed by atoms with Gasteiger partial charge in [0.15, 0.2) is 0 Å². The largest absolute Gasteiger partial charge is 0.492 e. The lowest BCUT2D eigenvalue weighted by molar-refractivity contribution is -0.135. The molecule has 2 fully saturated rings. The van der Waals surface area contributed by atoms with Gasteiger partial charge in [-0.1, -0.05) is 63.2 Å². The van der Waals surface area contributed by atoms with Gasteiger partial charge in [0, 0.05) is 37.4 Å².